The van der Waals surface area contributed by atoms with E-state index in [4.69, 9.17) is 14.2 Å². The molecule has 1 N–H and O–H groups in total. The molecule has 3 rings (SSSR count). The fourth-order valence-corrected chi connectivity index (χ4v) is 4.71. The lowest BCUT2D eigenvalue weighted by Gasteiger charge is -2.36. The Balaban J connectivity index is 2.09. The summed E-state index contributed by atoms with van der Waals surface area (Å²) in [4.78, 5) is 25.3. The summed E-state index contributed by atoms with van der Waals surface area (Å²) in [6.45, 7) is 11.9. The van der Waals surface area contributed by atoms with E-state index in [-0.39, 0.29) is 23.7 Å². The Morgan fingerprint density at radius 2 is 1.79 bits per heavy atom. The van der Waals surface area contributed by atoms with Crippen LogP contribution in [0.25, 0.3) is 0 Å². The number of hydrogen-bond acceptors (Lipinski definition) is 5. The van der Waals surface area contributed by atoms with Gasteiger partial charge in [0.25, 0.3) is 0 Å². The predicted octanol–water partition coefficient (Wildman–Crippen LogP) is 6.71. The number of fused-ring (bicyclic) bond motifs is 1. The number of aryl methyl sites for hydroxylation is 1. The number of rotatable bonds is 6. The van der Waals surface area contributed by atoms with E-state index >= 15 is 0 Å². The molecule has 0 unspecified atom stereocenters. The van der Waals surface area contributed by atoms with Gasteiger partial charge in [-0.3, -0.25) is 10.1 Å². The number of nitrogens with one attached hydrogen (secondary N) is 1. The van der Waals surface area contributed by atoms with Gasteiger partial charge in [-0.15, -0.1) is 0 Å². The smallest absolute Gasteiger partial charge is 0.412 e. The van der Waals surface area contributed by atoms with Gasteiger partial charge < -0.3 is 14.2 Å². The fraction of sp³-hybridized carbons (Fsp3) is 0.500. The molecule has 34 heavy (non-hydrogen) atoms. The van der Waals surface area contributed by atoms with Crippen molar-refractivity contribution in [1.82, 2.24) is 0 Å². The van der Waals surface area contributed by atoms with E-state index < -0.39 is 11.7 Å². The van der Waals surface area contributed by atoms with E-state index in [0.29, 0.717) is 12.3 Å². The second-order valence-corrected chi connectivity index (χ2v) is 10.2. The van der Waals surface area contributed by atoms with Gasteiger partial charge in [-0.25, -0.2) is 4.79 Å². The van der Waals surface area contributed by atoms with Gasteiger partial charge in [0, 0.05) is 5.56 Å². The summed E-state index contributed by atoms with van der Waals surface area (Å²) >= 11 is 0. The Labute approximate surface area is 203 Å². The number of methoxy groups -OCH3 is 1. The molecule has 0 saturated heterocycles. The monoisotopic (exact) mass is 467 g/mol. The molecule has 0 saturated carbocycles. The highest BCUT2D eigenvalue weighted by Gasteiger charge is 2.37. The van der Waals surface area contributed by atoms with Crippen molar-refractivity contribution >= 4 is 17.7 Å². The molecule has 0 spiro atoms. The number of ether oxygens (including phenoxy) is 3. The molecule has 1 aliphatic rings. The summed E-state index contributed by atoms with van der Waals surface area (Å²) in [7, 11) is 1.41. The van der Waals surface area contributed by atoms with Gasteiger partial charge in [-0.05, 0) is 75.1 Å². The molecule has 2 aromatic rings. The van der Waals surface area contributed by atoms with Crippen LogP contribution in [0.4, 0.5) is 10.5 Å². The first-order chi connectivity index (χ1) is 16.0. The Hall–Kier alpha value is -3.02. The van der Waals surface area contributed by atoms with E-state index in [1.807, 2.05) is 71.0 Å². The highest BCUT2D eigenvalue weighted by atomic mass is 16.6. The van der Waals surface area contributed by atoms with Crippen LogP contribution in [0.15, 0.2) is 36.4 Å². The van der Waals surface area contributed by atoms with Gasteiger partial charge in [-0.2, -0.15) is 0 Å². The third kappa shape index (κ3) is 5.91. The molecule has 6 heteroatoms. The zero-order valence-electron chi connectivity index (χ0n) is 21.4. The van der Waals surface area contributed by atoms with Crippen molar-refractivity contribution < 1.29 is 23.8 Å². The van der Waals surface area contributed by atoms with Gasteiger partial charge in [0.15, 0.2) is 0 Å². The molecule has 1 amide bonds. The van der Waals surface area contributed by atoms with Crippen LogP contribution in [0, 0.1) is 12.8 Å². The molecule has 1 aliphatic carbocycles. The Kier molecular flexibility index (Phi) is 7.90. The zero-order chi connectivity index (χ0) is 25.0. The van der Waals surface area contributed by atoms with E-state index in [9.17, 15) is 9.59 Å². The minimum Gasteiger partial charge on any atom is -0.489 e. The summed E-state index contributed by atoms with van der Waals surface area (Å²) in [5, 5.41) is 2.99. The van der Waals surface area contributed by atoms with Crippen LogP contribution >= 0.6 is 0 Å². The molecule has 0 heterocycles. The lowest BCUT2D eigenvalue weighted by atomic mass is 9.71. The average molecular weight is 468 g/mol. The SMILES string of the molecule is COC(=O)[C@H](C)[C@H]1CC[C@@H](C)c2c(OCc3ccccc3)cc(C)c(NC(=O)OC(C)(C)C)c21. The number of carbonyl (C=O) groups excluding carboxylic acids is 2. The van der Waals surface area contributed by atoms with Crippen molar-refractivity contribution in [2.45, 2.75) is 78.4 Å². The molecule has 0 bridgehead atoms. The van der Waals surface area contributed by atoms with Crippen LogP contribution in [0.1, 0.15) is 81.5 Å². The van der Waals surface area contributed by atoms with Crippen molar-refractivity contribution in [2.24, 2.45) is 5.92 Å². The number of benzene rings is 2. The summed E-state index contributed by atoms with van der Waals surface area (Å²) in [5.41, 5.74) is 4.01. The zero-order valence-corrected chi connectivity index (χ0v) is 21.4. The van der Waals surface area contributed by atoms with Crippen molar-refractivity contribution in [3.8, 4) is 5.75 Å². The minimum atomic E-state index is -0.622. The van der Waals surface area contributed by atoms with Gasteiger partial charge in [-0.1, -0.05) is 44.2 Å². The summed E-state index contributed by atoms with van der Waals surface area (Å²) in [6.07, 6.45) is 1.21. The molecule has 184 valence electrons. The van der Waals surface area contributed by atoms with Gasteiger partial charge in [0.05, 0.1) is 18.7 Å². The first-order valence-electron chi connectivity index (χ1n) is 11.9. The Morgan fingerprint density at radius 1 is 1.12 bits per heavy atom. The maximum absolute atomic E-state index is 12.8. The van der Waals surface area contributed by atoms with Crippen molar-refractivity contribution in [1.29, 1.82) is 0 Å². The molecule has 0 radical (unpaired) electrons. The number of esters is 1. The standard InChI is InChI=1S/C28H37NO5/c1-17-13-14-21(19(3)26(30)32-7)24-23(17)22(33-16-20-11-9-8-10-12-20)15-18(2)25(24)29-27(31)34-28(4,5)6/h8-12,15,17,19,21H,13-14,16H2,1-7H3,(H,29,31)/t17-,19-,21-/m1/s1. The van der Waals surface area contributed by atoms with E-state index in [0.717, 1.165) is 40.8 Å². The van der Waals surface area contributed by atoms with Gasteiger partial charge >= 0.3 is 12.1 Å². The van der Waals surface area contributed by atoms with Gasteiger partial charge in [0.1, 0.15) is 18.0 Å². The number of amides is 1. The second kappa shape index (κ2) is 10.5. The highest BCUT2D eigenvalue weighted by Crippen LogP contribution is 2.50. The third-order valence-corrected chi connectivity index (χ3v) is 6.38. The quantitative estimate of drug-likeness (QED) is 0.478. The minimum absolute atomic E-state index is 0.109. The first-order valence-corrected chi connectivity index (χ1v) is 11.9. The lowest BCUT2D eigenvalue weighted by molar-refractivity contribution is -0.145. The van der Waals surface area contributed by atoms with Gasteiger partial charge in [0.2, 0.25) is 0 Å². The molecule has 0 aliphatic heterocycles. The van der Waals surface area contributed by atoms with Crippen molar-refractivity contribution in [3.05, 3.63) is 58.7 Å². The van der Waals surface area contributed by atoms with Crippen LogP contribution in [-0.2, 0) is 20.9 Å². The van der Waals surface area contributed by atoms with Crippen LogP contribution in [-0.4, -0.2) is 24.8 Å². The van der Waals surface area contributed by atoms with Crippen LogP contribution in [0.2, 0.25) is 0 Å². The number of anilines is 1. The molecular formula is C28H37NO5. The lowest BCUT2D eigenvalue weighted by Crippen LogP contribution is -2.30. The molecule has 2 aromatic carbocycles. The van der Waals surface area contributed by atoms with E-state index in [1.165, 1.54) is 7.11 Å². The maximum atomic E-state index is 12.8. The predicted molar refractivity (Wildman–Crippen MR) is 133 cm³/mol. The van der Waals surface area contributed by atoms with Crippen LogP contribution in [0.5, 0.6) is 5.75 Å². The summed E-state index contributed by atoms with van der Waals surface area (Å²) in [5.74, 6) is 0.269. The fourth-order valence-electron chi connectivity index (χ4n) is 4.71. The largest absolute Gasteiger partial charge is 0.489 e. The van der Waals surface area contributed by atoms with Crippen LogP contribution in [0.3, 0.4) is 0 Å². The molecule has 0 fully saturated rings. The first kappa shape index (κ1) is 25.6. The van der Waals surface area contributed by atoms with E-state index in [1.54, 1.807) is 0 Å². The second-order valence-electron chi connectivity index (χ2n) is 10.2. The van der Waals surface area contributed by atoms with Crippen LogP contribution < -0.4 is 10.1 Å². The molecule has 0 aromatic heterocycles. The maximum Gasteiger partial charge on any atom is 0.412 e. The highest BCUT2D eigenvalue weighted by molar-refractivity contribution is 5.89. The van der Waals surface area contributed by atoms with Crippen molar-refractivity contribution in [3.63, 3.8) is 0 Å². The molecule has 6 nitrogen and oxygen atoms in total. The number of carbonyl (C=O) groups is 2. The Bertz CT molecular complexity index is 1030. The molecular weight excluding hydrogens is 430 g/mol. The average Bonchev–Trinajstić information content (AvgIpc) is 2.78. The summed E-state index contributed by atoms with van der Waals surface area (Å²) < 4.78 is 17.0. The molecule has 3 atom stereocenters. The summed E-state index contributed by atoms with van der Waals surface area (Å²) in [6, 6.07) is 12.0. The van der Waals surface area contributed by atoms with E-state index in [2.05, 4.69) is 12.2 Å². The third-order valence-electron chi connectivity index (χ3n) is 6.38. The number of hydrogen-bond donors (Lipinski definition) is 1. The van der Waals surface area contributed by atoms with Crippen molar-refractivity contribution in [2.75, 3.05) is 12.4 Å². The normalized spacial score (nSPS) is 18.4. The Morgan fingerprint density at radius 3 is 2.41 bits per heavy atom. The topological polar surface area (TPSA) is 73.9 Å².